The molecule has 0 atom stereocenters. The highest BCUT2D eigenvalue weighted by molar-refractivity contribution is 7.92. The number of sulfonamides is 1. The zero-order valence-corrected chi connectivity index (χ0v) is 12.9. The molecule has 112 valence electrons. The van der Waals surface area contributed by atoms with Gasteiger partial charge in [0.05, 0.1) is 4.90 Å². The summed E-state index contributed by atoms with van der Waals surface area (Å²) < 4.78 is 40.4. The van der Waals surface area contributed by atoms with Gasteiger partial charge >= 0.3 is 0 Å². The van der Waals surface area contributed by atoms with Crippen LogP contribution in [0.1, 0.15) is 5.56 Å². The summed E-state index contributed by atoms with van der Waals surface area (Å²) >= 11 is 11.5. The summed E-state index contributed by atoms with van der Waals surface area (Å²) in [5.74, 6) is -0.739. The molecule has 1 aromatic heterocycles. The van der Waals surface area contributed by atoms with Crippen LogP contribution in [0.25, 0.3) is 0 Å². The summed E-state index contributed by atoms with van der Waals surface area (Å²) in [7, 11) is -4.15. The Morgan fingerprint density at radius 1 is 1.24 bits per heavy atom. The largest absolute Gasteiger partial charge is 0.399 e. The van der Waals surface area contributed by atoms with E-state index < -0.39 is 15.8 Å². The van der Waals surface area contributed by atoms with E-state index in [0.29, 0.717) is 0 Å². The first kappa shape index (κ1) is 15.7. The lowest BCUT2D eigenvalue weighted by molar-refractivity contribution is 0.591. The van der Waals surface area contributed by atoms with Crippen LogP contribution in [0, 0.1) is 12.7 Å². The lowest BCUT2D eigenvalue weighted by Gasteiger charge is -2.12. The summed E-state index contributed by atoms with van der Waals surface area (Å²) in [6.45, 7) is 1.31. The van der Waals surface area contributed by atoms with Crippen molar-refractivity contribution < 1.29 is 12.8 Å². The van der Waals surface area contributed by atoms with Gasteiger partial charge in [0.2, 0.25) is 0 Å². The highest BCUT2D eigenvalue weighted by atomic mass is 35.5. The third-order valence-electron chi connectivity index (χ3n) is 2.60. The topological polar surface area (TPSA) is 98.0 Å². The average molecular weight is 351 g/mol. The molecule has 21 heavy (non-hydrogen) atoms. The van der Waals surface area contributed by atoms with Crippen LogP contribution < -0.4 is 10.5 Å². The van der Waals surface area contributed by atoms with Crippen molar-refractivity contribution in [3.05, 3.63) is 40.1 Å². The van der Waals surface area contributed by atoms with E-state index in [1.54, 1.807) is 0 Å². The van der Waals surface area contributed by atoms with Crippen molar-refractivity contribution in [2.24, 2.45) is 0 Å². The van der Waals surface area contributed by atoms with Crippen molar-refractivity contribution in [2.45, 2.75) is 11.8 Å². The van der Waals surface area contributed by atoms with Gasteiger partial charge in [0.1, 0.15) is 17.8 Å². The number of anilines is 2. The van der Waals surface area contributed by atoms with Crippen LogP contribution >= 0.6 is 23.2 Å². The summed E-state index contributed by atoms with van der Waals surface area (Å²) in [6.07, 6.45) is 1.08. The predicted octanol–water partition coefficient (Wildman–Crippen LogP) is 2.61. The number of hydrogen-bond donors (Lipinski definition) is 2. The first-order chi connectivity index (χ1) is 9.72. The van der Waals surface area contributed by atoms with Crippen LogP contribution in [0.2, 0.25) is 10.3 Å². The van der Waals surface area contributed by atoms with E-state index in [-0.39, 0.29) is 32.1 Å². The molecule has 0 saturated heterocycles. The lowest BCUT2D eigenvalue weighted by atomic mass is 10.2. The Bertz CT molecular complexity index is 794. The Kier molecular flexibility index (Phi) is 4.22. The second kappa shape index (κ2) is 5.63. The number of benzene rings is 1. The van der Waals surface area contributed by atoms with Crippen LogP contribution in [0.3, 0.4) is 0 Å². The number of rotatable bonds is 3. The standard InChI is InChI=1S/C11H9Cl2FN4O2S/c1-5-7(14)2-6(15)3-8(5)21(19,20)18-9-10(12)16-4-17-11(9)13/h2-4,18H,15H2,1H3. The Morgan fingerprint density at radius 3 is 2.38 bits per heavy atom. The quantitative estimate of drug-likeness (QED) is 0.654. The maximum absolute atomic E-state index is 13.6. The molecule has 0 bridgehead atoms. The van der Waals surface area contributed by atoms with Crippen molar-refractivity contribution in [3.8, 4) is 0 Å². The molecule has 0 unspecified atom stereocenters. The summed E-state index contributed by atoms with van der Waals surface area (Å²) in [5.41, 5.74) is 5.17. The third-order valence-corrected chi connectivity index (χ3v) is 4.65. The minimum atomic E-state index is -4.15. The first-order valence-corrected chi connectivity index (χ1v) is 7.70. The summed E-state index contributed by atoms with van der Waals surface area (Å²) in [4.78, 5) is 6.92. The fourth-order valence-electron chi connectivity index (χ4n) is 1.57. The summed E-state index contributed by atoms with van der Waals surface area (Å²) in [5, 5.41) is -0.360. The Hall–Kier alpha value is -1.64. The van der Waals surface area contributed by atoms with Gasteiger partial charge in [0.15, 0.2) is 10.3 Å². The molecule has 0 fully saturated rings. The van der Waals surface area contributed by atoms with Gasteiger partial charge in [0, 0.05) is 11.3 Å². The third kappa shape index (κ3) is 3.17. The van der Waals surface area contributed by atoms with Crippen molar-refractivity contribution in [2.75, 3.05) is 10.5 Å². The molecule has 0 aliphatic carbocycles. The molecule has 2 aromatic rings. The van der Waals surface area contributed by atoms with Gasteiger partial charge in [-0.3, -0.25) is 4.72 Å². The first-order valence-electron chi connectivity index (χ1n) is 5.47. The molecule has 0 aliphatic rings. The normalized spacial score (nSPS) is 11.4. The van der Waals surface area contributed by atoms with Crippen molar-refractivity contribution in [1.29, 1.82) is 0 Å². The van der Waals surface area contributed by atoms with Gasteiger partial charge in [-0.15, -0.1) is 0 Å². The molecular weight excluding hydrogens is 342 g/mol. The fourth-order valence-corrected chi connectivity index (χ4v) is 3.46. The molecular formula is C11H9Cl2FN4O2S. The van der Waals surface area contributed by atoms with E-state index in [1.807, 2.05) is 0 Å². The van der Waals surface area contributed by atoms with Gasteiger partial charge in [-0.05, 0) is 19.1 Å². The Balaban J connectivity index is 2.54. The number of nitrogens with two attached hydrogens (primary N) is 1. The average Bonchev–Trinajstić information content (AvgIpc) is 2.38. The molecule has 0 aliphatic heterocycles. The molecule has 0 spiro atoms. The Labute approximate surface area is 130 Å². The second-order valence-corrected chi connectivity index (χ2v) is 6.43. The van der Waals surface area contributed by atoms with Crippen molar-refractivity contribution in [1.82, 2.24) is 9.97 Å². The number of aromatic nitrogens is 2. The van der Waals surface area contributed by atoms with E-state index in [2.05, 4.69) is 14.7 Å². The number of hydrogen-bond acceptors (Lipinski definition) is 5. The summed E-state index contributed by atoms with van der Waals surface area (Å²) in [6, 6.07) is 2.16. The molecule has 0 radical (unpaired) electrons. The monoisotopic (exact) mass is 350 g/mol. The molecule has 6 nitrogen and oxygen atoms in total. The maximum Gasteiger partial charge on any atom is 0.262 e. The highest BCUT2D eigenvalue weighted by Gasteiger charge is 2.23. The van der Waals surface area contributed by atoms with E-state index in [4.69, 9.17) is 28.9 Å². The molecule has 0 saturated carbocycles. The lowest BCUT2D eigenvalue weighted by Crippen LogP contribution is -2.16. The van der Waals surface area contributed by atoms with Crippen LogP contribution in [0.4, 0.5) is 15.8 Å². The van der Waals surface area contributed by atoms with Crippen LogP contribution in [-0.2, 0) is 10.0 Å². The van der Waals surface area contributed by atoms with Crippen LogP contribution in [-0.4, -0.2) is 18.4 Å². The Morgan fingerprint density at radius 2 is 1.81 bits per heavy atom. The van der Waals surface area contributed by atoms with Crippen LogP contribution in [0.15, 0.2) is 23.4 Å². The van der Waals surface area contributed by atoms with E-state index >= 15 is 0 Å². The number of nitrogens with one attached hydrogen (secondary N) is 1. The van der Waals surface area contributed by atoms with Gasteiger partial charge in [0.25, 0.3) is 10.0 Å². The van der Waals surface area contributed by atoms with Gasteiger partial charge in [-0.2, -0.15) is 0 Å². The SMILES string of the molecule is Cc1c(F)cc(N)cc1S(=O)(=O)Nc1c(Cl)ncnc1Cl. The zero-order valence-electron chi connectivity index (χ0n) is 10.6. The predicted molar refractivity (Wildman–Crippen MR) is 78.4 cm³/mol. The van der Waals surface area contributed by atoms with Crippen molar-refractivity contribution in [3.63, 3.8) is 0 Å². The molecule has 3 N–H and O–H groups in total. The van der Waals surface area contributed by atoms with E-state index in [0.717, 1.165) is 18.5 Å². The minimum Gasteiger partial charge on any atom is -0.399 e. The van der Waals surface area contributed by atoms with E-state index in [9.17, 15) is 12.8 Å². The van der Waals surface area contributed by atoms with Gasteiger partial charge < -0.3 is 5.73 Å². The smallest absolute Gasteiger partial charge is 0.262 e. The zero-order chi connectivity index (χ0) is 15.8. The minimum absolute atomic E-state index is 0.0278. The number of nitrogens with zero attached hydrogens (tertiary/aromatic N) is 2. The molecule has 1 aromatic carbocycles. The molecule has 10 heteroatoms. The molecule has 2 rings (SSSR count). The number of halogens is 3. The van der Waals surface area contributed by atoms with Crippen molar-refractivity contribution >= 4 is 44.6 Å². The van der Waals surface area contributed by atoms with Crippen LogP contribution in [0.5, 0.6) is 0 Å². The highest BCUT2D eigenvalue weighted by Crippen LogP contribution is 2.30. The molecule has 0 amide bonds. The van der Waals surface area contributed by atoms with E-state index in [1.165, 1.54) is 6.92 Å². The second-order valence-electron chi connectivity index (χ2n) is 4.06. The maximum atomic E-state index is 13.6. The molecule has 1 heterocycles. The van der Waals surface area contributed by atoms with Gasteiger partial charge in [-0.1, -0.05) is 23.2 Å². The van der Waals surface area contributed by atoms with Gasteiger partial charge in [-0.25, -0.2) is 22.8 Å². The fraction of sp³-hybridized carbons (Fsp3) is 0.0909. The number of nitrogen functional groups attached to an aromatic ring is 1.